The lowest BCUT2D eigenvalue weighted by Gasteiger charge is -2.29. The fraction of sp³-hybridized carbons (Fsp3) is 0.600. The van der Waals surface area contributed by atoms with Gasteiger partial charge in [0.15, 0.2) is 0 Å². The largest absolute Gasteiger partial charge is 0.379 e. The summed E-state index contributed by atoms with van der Waals surface area (Å²) >= 11 is 0. The molecule has 1 atom stereocenters. The minimum absolute atomic E-state index is 0.159. The van der Waals surface area contributed by atoms with Crippen LogP contribution in [0, 0.1) is 0 Å². The Kier molecular flexibility index (Phi) is 5.15. The zero-order valence-electron chi connectivity index (χ0n) is 12.3. The number of rotatable bonds is 4. The van der Waals surface area contributed by atoms with Gasteiger partial charge in [-0.1, -0.05) is 0 Å². The minimum atomic E-state index is 0.159. The maximum Gasteiger partial charge on any atom is 0.118 e. The van der Waals surface area contributed by atoms with E-state index < -0.39 is 0 Å². The zero-order chi connectivity index (χ0) is 14.3. The van der Waals surface area contributed by atoms with Gasteiger partial charge in [-0.05, 0) is 17.7 Å². The second kappa shape index (κ2) is 7.49. The van der Waals surface area contributed by atoms with Gasteiger partial charge in [-0.2, -0.15) is 0 Å². The smallest absolute Gasteiger partial charge is 0.118 e. The van der Waals surface area contributed by atoms with Gasteiger partial charge in [-0.15, -0.1) is 0 Å². The Bertz CT molecular complexity index is 458. The lowest BCUT2D eigenvalue weighted by atomic mass is 10.1. The van der Waals surface area contributed by atoms with Gasteiger partial charge in [0.05, 0.1) is 25.8 Å². The van der Waals surface area contributed by atoms with Crippen molar-refractivity contribution in [1.82, 2.24) is 20.5 Å². The highest BCUT2D eigenvalue weighted by molar-refractivity contribution is 5.89. The van der Waals surface area contributed by atoms with Gasteiger partial charge in [0.2, 0.25) is 0 Å². The highest BCUT2D eigenvalue weighted by atomic mass is 16.5. The number of nitrogens with one attached hydrogen (secondary N) is 2. The van der Waals surface area contributed by atoms with Crippen LogP contribution < -0.4 is 10.6 Å². The first-order valence-electron chi connectivity index (χ1n) is 7.65. The number of amidine groups is 1. The molecule has 1 aromatic heterocycles. The highest BCUT2D eigenvalue weighted by Crippen LogP contribution is 2.14. The van der Waals surface area contributed by atoms with Gasteiger partial charge in [0, 0.05) is 45.1 Å². The third-order valence-corrected chi connectivity index (χ3v) is 3.89. The van der Waals surface area contributed by atoms with Crippen LogP contribution in [-0.2, 0) is 4.74 Å². The quantitative estimate of drug-likeness (QED) is 0.820. The molecule has 0 aromatic carbocycles. The van der Waals surface area contributed by atoms with Gasteiger partial charge in [-0.3, -0.25) is 14.9 Å². The number of hydrogen-bond acceptors (Lipinski definition) is 6. The molecule has 3 heterocycles. The summed E-state index contributed by atoms with van der Waals surface area (Å²) < 4.78 is 5.37. The molecular weight excluding hydrogens is 266 g/mol. The molecule has 21 heavy (non-hydrogen) atoms. The molecular formula is C15H23N5O. The second-order valence-corrected chi connectivity index (χ2v) is 5.32. The number of nitrogens with zero attached hydrogens (tertiary/aromatic N) is 3. The van der Waals surface area contributed by atoms with Crippen molar-refractivity contribution in [2.75, 3.05) is 52.5 Å². The maximum atomic E-state index is 5.37. The van der Waals surface area contributed by atoms with E-state index in [0.29, 0.717) is 0 Å². The van der Waals surface area contributed by atoms with Crippen LogP contribution in [0.15, 0.2) is 29.5 Å². The summed E-state index contributed by atoms with van der Waals surface area (Å²) in [6.07, 6.45) is 3.66. The predicted molar refractivity (Wildman–Crippen MR) is 82.5 cm³/mol. The summed E-state index contributed by atoms with van der Waals surface area (Å²) in [5, 5.41) is 7.02. The summed E-state index contributed by atoms with van der Waals surface area (Å²) in [7, 11) is 0. The standard InChI is InChI=1S/C15H23N5O/c1-3-16-4-2-13(1)14-15(18-6-5-17-14)19-7-8-20-9-11-21-12-10-20/h1-4,14,17H,5-12H2,(H,18,19). The zero-order valence-corrected chi connectivity index (χ0v) is 12.3. The molecule has 6 heteroatoms. The number of aromatic nitrogens is 1. The number of aliphatic imine (C=N–C) groups is 1. The van der Waals surface area contributed by atoms with Gasteiger partial charge in [0.1, 0.15) is 5.84 Å². The molecule has 0 radical (unpaired) electrons. The number of hydrogen-bond donors (Lipinski definition) is 2. The fourth-order valence-corrected chi connectivity index (χ4v) is 2.73. The monoisotopic (exact) mass is 289 g/mol. The van der Waals surface area contributed by atoms with Crippen LogP contribution in [0.1, 0.15) is 11.6 Å². The third kappa shape index (κ3) is 4.00. The molecule has 0 bridgehead atoms. The number of morpholine rings is 1. The lowest BCUT2D eigenvalue weighted by molar-refractivity contribution is 0.0389. The van der Waals surface area contributed by atoms with E-state index >= 15 is 0 Å². The van der Waals surface area contributed by atoms with Crippen molar-refractivity contribution in [3.63, 3.8) is 0 Å². The van der Waals surface area contributed by atoms with Crippen LogP contribution in [0.5, 0.6) is 0 Å². The van der Waals surface area contributed by atoms with E-state index in [1.54, 1.807) is 0 Å². The van der Waals surface area contributed by atoms with E-state index in [1.807, 2.05) is 24.5 Å². The summed E-state index contributed by atoms with van der Waals surface area (Å²) in [6.45, 7) is 7.46. The van der Waals surface area contributed by atoms with Crippen molar-refractivity contribution >= 4 is 5.84 Å². The van der Waals surface area contributed by atoms with Gasteiger partial charge < -0.3 is 15.4 Å². The number of ether oxygens (including phenoxy) is 1. The molecule has 1 unspecified atom stereocenters. The van der Waals surface area contributed by atoms with Crippen LogP contribution in [0.2, 0.25) is 0 Å². The van der Waals surface area contributed by atoms with Crippen LogP contribution in [0.4, 0.5) is 0 Å². The first-order valence-corrected chi connectivity index (χ1v) is 7.65. The second-order valence-electron chi connectivity index (χ2n) is 5.32. The van der Waals surface area contributed by atoms with E-state index in [4.69, 9.17) is 4.74 Å². The van der Waals surface area contributed by atoms with Crippen LogP contribution in [0.3, 0.4) is 0 Å². The van der Waals surface area contributed by atoms with Crippen molar-refractivity contribution in [1.29, 1.82) is 0 Å². The molecule has 0 saturated carbocycles. The third-order valence-electron chi connectivity index (χ3n) is 3.89. The van der Waals surface area contributed by atoms with Gasteiger partial charge in [0.25, 0.3) is 0 Å². The summed E-state index contributed by atoms with van der Waals surface area (Å²) in [5.41, 5.74) is 1.21. The van der Waals surface area contributed by atoms with Crippen molar-refractivity contribution < 1.29 is 4.74 Å². The molecule has 6 nitrogen and oxygen atoms in total. The van der Waals surface area contributed by atoms with Crippen molar-refractivity contribution in [2.24, 2.45) is 4.99 Å². The number of pyridine rings is 1. The van der Waals surface area contributed by atoms with Crippen LogP contribution in [0.25, 0.3) is 0 Å². The van der Waals surface area contributed by atoms with E-state index in [1.165, 1.54) is 5.56 Å². The first-order chi connectivity index (χ1) is 10.4. The molecule has 2 aliphatic heterocycles. The molecule has 114 valence electrons. The Labute approximate surface area is 125 Å². The van der Waals surface area contributed by atoms with Crippen LogP contribution in [-0.4, -0.2) is 68.2 Å². The molecule has 0 aliphatic carbocycles. The molecule has 2 N–H and O–H groups in total. The Morgan fingerprint density at radius 3 is 2.90 bits per heavy atom. The molecule has 2 aliphatic rings. The molecule has 1 saturated heterocycles. The Morgan fingerprint density at radius 2 is 2.10 bits per heavy atom. The maximum absolute atomic E-state index is 5.37. The van der Waals surface area contributed by atoms with Crippen molar-refractivity contribution in [3.8, 4) is 0 Å². The topological polar surface area (TPSA) is 61.8 Å². The summed E-state index contributed by atoms with van der Waals surface area (Å²) in [6, 6.07) is 4.25. The highest BCUT2D eigenvalue weighted by Gasteiger charge is 2.20. The average molecular weight is 289 g/mol. The van der Waals surface area contributed by atoms with E-state index in [2.05, 4.69) is 25.5 Å². The summed E-state index contributed by atoms with van der Waals surface area (Å²) in [5.74, 6) is 1.04. The Hall–Kier alpha value is -1.50. The fourth-order valence-electron chi connectivity index (χ4n) is 2.73. The Morgan fingerprint density at radius 1 is 1.29 bits per heavy atom. The molecule has 3 rings (SSSR count). The SMILES string of the molecule is c1cc(C2NCCN=C2NCCN2CCOCC2)ccn1. The normalized spacial score (nSPS) is 23.6. The van der Waals surface area contributed by atoms with Crippen LogP contribution >= 0.6 is 0 Å². The van der Waals surface area contributed by atoms with Gasteiger partial charge >= 0.3 is 0 Å². The van der Waals surface area contributed by atoms with Crippen molar-refractivity contribution in [2.45, 2.75) is 6.04 Å². The van der Waals surface area contributed by atoms with E-state index in [0.717, 1.165) is 58.3 Å². The molecule has 0 amide bonds. The molecule has 1 fully saturated rings. The minimum Gasteiger partial charge on any atom is -0.379 e. The molecule has 1 aromatic rings. The van der Waals surface area contributed by atoms with Crippen molar-refractivity contribution in [3.05, 3.63) is 30.1 Å². The van der Waals surface area contributed by atoms with E-state index in [9.17, 15) is 0 Å². The first kappa shape index (κ1) is 14.4. The molecule has 0 spiro atoms. The summed E-state index contributed by atoms with van der Waals surface area (Å²) in [4.78, 5) is 11.2. The predicted octanol–water partition coefficient (Wildman–Crippen LogP) is 0.0462. The lowest BCUT2D eigenvalue weighted by Crippen LogP contribution is -2.46. The van der Waals surface area contributed by atoms with Gasteiger partial charge in [-0.25, -0.2) is 0 Å². The average Bonchev–Trinajstić information content (AvgIpc) is 2.57. The Balaban J connectivity index is 1.54. The van der Waals surface area contributed by atoms with E-state index in [-0.39, 0.29) is 6.04 Å².